The molecule has 0 saturated carbocycles. The Kier molecular flexibility index (Phi) is 4.15. The Balaban J connectivity index is 2.38. The molecule has 8 heteroatoms. The SMILES string of the molecule is NCC1CNCCN1C(=O)c1cc(F)c(F)c(O)c1F. The van der Waals surface area contributed by atoms with Gasteiger partial charge in [-0.25, -0.2) is 8.78 Å². The monoisotopic (exact) mass is 289 g/mol. The Labute approximate surface area is 113 Å². The second kappa shape index (κ2) is 5.68. The zero-order valence-electron chi connectivity index (χ0n) is 10.5. The summed E-state index contributed by atoms with van der Waals surface area (Å²) < 4.78 is 39.9. The third kappa shape index (κ3) is 2.44. The zero-order valence-corrected chi connectivity index (χ0v) is 10.5. The maximum Gasteiger partial charge on any atom is 0.257 e. The number of hydrogen-bond acceptors (Lipinski definition) is 4. The molecule has 1 unspecified atom stereocenters. The summed E-state index contributed by atoms with van der Waals surface area (Å²) in [6.45, 7) is 1.33. The van der Waals surface area contributed by atoms with Gasteiger partial charge in [-0.2, -0.15) is 4.39 Å². The third-order valence-corrected chi connectivity index (χ3v) is 3.25. The lowest BCUT2D eigenvalue weighted by atomic mass is 10.1. The van der Waals surface area contributed by atoms with Crippen molar-refractivity contribution in [3.05, 3.63) is 29.1 Å². The van der Waals surface area contributed by atoms with E-state index in [1.54, 1.807) is 0 Å². The zero-order chi connectivity index (χ0) is 14.9. The van der Waals surface area contributed by atoms with E-state index in [0.29, 0.717) is 19.2 Å². The lowest BCUT2D eigenvalue weighted by molar-refractivity contribution is 0.0638. The molecule has 1 heterocycles. The van der Waals surface area contributed by atoms with E-state index in [-0.39, 0.29) is 19.1 Å². The third-order valence-electron chi connectivity index (χ3n) is 3.25. The highest BCUT2D eigenvalue weighted by atomic mass is 19.2. The first kappa shape index (κ1) is 14.6. The molecule has 4 N–H and O–H groups in total. The molecular weight excluding hydrogens is 275 g/mol. The van der Waals surface area contributed by atoms with Gasteiger partial charge in [-0.15, -0.1) is 0 Å². The lowest BCUT2D eigenvalue weighted by Crippen LogP contribution is -2.56. The van der Waals surface area contributed by atoms with Crippen molar-refractivity contribution in [3.8, 4) is 5.75 Å². The minimum Gasteiger partial charge on any atom is -0.503 e. The Morgan fingerprint density at radius 1 is 1.45 bits per heavy atom. The van der Waals surface area contributed by atoms with Gasteiger partial charge in [0.15, 0.2) is 17.4 Å². The average Bonchev–Trinajstić information content (AvgIpc) is 2.48. The summed E-state index contributed by atoms with van der Waals surface area (Å²) in [7, 11) is 0. The number of amides is 1. The Bertz CT molecular complexity index is 539. The fraction of sp³-hybridized carbons (Fsp3) is 0.417. The van der Waals surface area contributed by atoms with E-state index in [1.807, 2.05) is 0 Å². The number of halogens is 3. The van der Waals surface area contributed by atoms with Crippen LogP contribution in [0.5, 0.6) is 5.75 Å². The van der Waals surface area contributed by atoms with Gasteiger partial charge in [0.1, 0.15) is 0 Å². The molecule has 1 atom stereocenters. The van der Waals surface area contributed by atoms with Crippen LogP contribution < -0.4 is 11.1 Å². The molecule has 110 valence electrons. The van der Waals surface area contributed by atoms with Gasteiger partial charge in [0.05, 0.1) is 11.6 Å². The number of rotatable bonds is 2. The van der Waals surface area contributed by atoms with Gasteiger partial charge in [0, 0.05) is 26.2 Å². The number of phenols is 1. The molecule has 20 heavy (non-hydrogen) atoms. The smallest absolute Gasteiger partial charge is 0.257 e. The van der Waals surface area contributed by atoms with Crippen LogP contribution in [-0.4, -0.2) is 48.1 Å². The molecule has 0 radical (unpaired) electrons. The number of carbonyl (C=O) groups excluding carboxylic acids is 1. The second-order valence-corrected chi connectivity index (χ2v) is 4.47. The summed E-state index contributed by atoms with van der Waals surface area (Å²) in [6.07, 6.45) is 0. The summed E-state index contributed by atoms with van der Waals surface area (Å²) in [6, 6.07) is 0.0772. The number of nitrogens with zero attached hydrogens (tertiary/aromatic N) is 1. The van der Waals surface area contributed by atoms with Gasteiger partial charge in [0.25, 0.3) is 5.91 Å². The molecule has 2 rings (SSSR count). The van der Waals surface area contributed by atoms with Crippen LogP contribution in [0.25, 0.3) is 0 Å². The van der Waals surface area contributed by atoms with Gasteiger partial charge < -0.3 is 21.1 Å². The van der Waals surface area contributed by atoms with E-state index in [0.717, 1.165) is 0 Å². The second-order valence-electron chi connectivity index (χ2n) is 4.47. The number of nitrogens with two attached hydrogens (primary N) is 1. The van der Waals surface area contributed by atoms with Crippen molar-refractivity contribution in [2.45, 2.75) is 6.04 Å². The number of benzene rings is 1. The van der Waals surface area contributed by atoms with Gasteiger partial charge in [-0.1, -0.05) is 0 Å². The fourth-order valence-electron chi connectivity index (χ4n) is 2.14. The number of carbonyl (C=O) groups is 1. The van der Waals surface area contributed by atoms with Crippen molar-refractivity contribution >= 4 is 5.91 Å². The molecule has 0 aliphatic carbocycles. The van der Waals surface area contributed by atoms with Crippen LogP contribution in [0.2, 0.25) is 0 Å². The highest BCUT2D eigenvalue weighted by Gasteiger charge is 2.30. The van der Waals surface area contributed by atoms with Gasteiger partial charge in [-0.3, -0.25) is 4.79 Å². The van der Waals surface area contributed by atoms with Gasteiger partial charge in [0.2, 0.25) is 5.82 Å². The van der Waals surface area contributed by atoms with E-state index in [4.69, 9.17) is 10.8 Å². The first-order chi connectivity index (χ1) is 9.47. The predicted molar refractivity (Wildman–Crippen MR) is 64.7 cm³/mol. The summed E-state index contributed by atoms with van der Waals surface area (Å²) in [5, 5.41) is 12.2. The fourth-order valence-corrected chi connectivity index (χ4v) is 2.14. The Morgan fingerprint density at radius 3 is 2.80 bits per heavy atom. The molecule has 1 saturated heterocycles. The summed E-state index contributed by atoms with van der Waals surface area (Å²) in [5.41, 5.74) is 4.81. The van der Waals surface area contributed by atoms with Gasteiger partial charge >= 0.3 is 0 Å². The Morgan fingerprint density at radius 2 is 2.15 bits per heavy atom. The summed E-state index contributed by atoms with van der Waals surface area (Å²) in [4.78, 5) is 13.5. The van der Waals surface area contributed by atoms with Crippen LogP contribution in [0.1, 0.15) is 10.4 Å². The molecular formula is C12H14F3N3O2. The first-order valence-corrected chi connectivity index (χ1v) is 6.05. The number of nitrogens with one attached hydrogen (secondary N) is 1. The van der Waals surface area contributed by atoms with Crippen LogP contribution in [0.4, 0.5) is 13.2 Å². The van der Waals surface area contributed by atoms with Crippen molar-refractivity contribution in [2.24, 2.45) is 5.73 Å². The summed E-state index contributed by atoms with van der Waals surface area (Å²) >= 11 is 0. The van der Waals surface area contributed by atoms with Crippen molar-refractivity contribution in [1.82, 2.24) is 10.2 Å². The van der Waals surface area contributed by atoms with E-state index >= 15 is 0 Å². The molecule has 5 nitrogen and oxygen atoms in total. The van der Waals surface area contributed by atoms with E-state index in [1.165, 1.54) is 4.90 Å². The van der Waals surface area contributed by atoms with Crippen molar-refractivity contribution in [2.75, 3.05) is 26.2 Å². The average molecular weight is 289 g/mol. The van der Waals surface area contributed by atoms with E-state index < -0.39 is 34.7 Å². The standard InChI is InChI=1S/C12H14F3N3O2/c13-8-3-7(9(14)11(19)10(8)15)12(20)18-2-1-17-5-6(18)4-16/h3,6,17,19H,1-2,4-5,16H2. The molecule has 0 aromatic heterocycles. The molecule has 0 spiro atoms. The minimum atomic E-state index is -1.71. The minimum absolute atomic E-state index is 0.149. The topological polar surface area (TPSA) is 78.6 Å². The van der Waals surface area contributed by atoms with E-state index in [9.17, 15) is 18.0 Å². The van der Waals surface area contributed by atoms with Gasteiger partial charge in [-0.05, 0) is 6.07 Å². The van der Waals surface area contributed by atoms with Crippen molar-refractivity contribution < 1.29 is 23.1 Å². The largest absolute Gasteiger partial charge is 0.503 e. The highest BCUT2D eigenvalue weighted by Crippen LogP contribution is 2.27. The number of phenolic OH excluding ortho intramolecular Hbond substituents is 1. The van der Waals surface area contributed by atoms with Crippen molar-refractivity contribution in [3.63, 3.8) is 0 Å². The molecule has 0 bridgehead atoms. The van der Waals surface area contributed by atoms with Crippen LogP contribution in [0, 0.1) is 17.5 Å². The van der Waals surface area contributed by atoms with Crippen LogP contribution in [0.15, 0.2) is 6.07 Å². The van der Waals surface area contributed by atoms with Crippen molar-refractivity contribution in [1.29, 1.82) is 0 Å². The molecule has 1 fully saturated rings. The van der Waals surface area contributed by atoms with Crippen LogP contribution >= 0.6 is 0 Å². The molecule has 1 aliphatic heterocycles. The molecule has 1 aromatic rings. The molecule has 1 aliphatic rings. The molecule has 1 amide bonds. The number of hydrogen-bond donors (Lipinski definition) is 3. The lowest BCUT2D eigenvalue weighted by Gasteiger charge is -2.35. The first-order valence-electron chi connectivity index (χ1n) is 6.05. The Hall–Kier alpha value is -1.80. The van der Waals surface area contributed by atoms with Crippen LogP contribution in [-0.2, 0) is 0 Å². The van der Waals surface area contributed by atoms with Crippen LogP contribution in [0.3, 0.4) is 0 Å². The maximum atomic E-state index is 13.7. The highest BCUT2D eigenvalue weighted by molar-refractivity contribution is 5.95. The van der Waals surface area contributed by atoms with E-state index in [2.05, 4.69) is 5.32 Å². The normalized spacial score (nSPS) is 19.2. The number of piperazine rings is 1. The quantitative estimate of drug-likeness (QED) is 0.679. The maximum absolute atomic E-state index is 13.7. The number of aromatic hydroxyl groups is 1. The summed E-state index contributed by atoms with van der Waals surface area (Å²) in [5.74, 6) is -6.98. The molecule has 1 aromatic carbocycles. The predicted octanol–water partition coefficient (Wildman–Crippen LogP) is 0.182.